The molecule has 1 amide bonds. The van der Waals surface area contributed by atoms with Crippen LogP contribution in [-0.2, 0) is 6.42 Å². The van der Waals surface area contributed by atoms with Crippen LogP contribution in [0.15, 0.2) is 40.8 Å². The first-order chi connectivity index (χ1) is 10.6. The molecule has 0 unspecified atom stereocenters. The molecule has 2 aromatic rings. The van der Waals surface area contributed by atoms with E-state index in [0.717, 1.165) is 17.7 Å². The Kier molecular flexibility index (Phi) is 4.03. The van der Waals surface area contributed by atoms with Crippen molar-refractivity contribution >= 4 is 5.91 Å². The number of nitrogens with zero attached hydrogens (tertiary/aromatic N) is 1. The van der Waals surface area contributed by atoms with Gasteiger partial charge in [0.25, 0.3) is 5.91 Å². The molecule has 1 aliphatic rings. The summed E-state index contributed by atoms with van der Waals surface area (Å²) in [5.74, 6) is 1.44. The highest BCUT2D eigenvalue weighted by molar-refractivity contribution is 5.92. The van der Waals surface area contributed by atoms with Crippen LogP contribution in [0.5, 0.6) is 0 Å². The van der Waals surface area contributed by atoms with Crippen LogP contribution in [0, 0.1) is 6.92 Å². The second kappa shape index (κ2) is 5.97. The predicted octanol–water partition coefficient (Wildman–Crippen LogP) is 2.72. The van der Waals surface area contributed by atoms with E-state index in [9.17, 15) is 4.79 Å². The van der Waals surface area contributed by atoms with Crippen LogP contribution in [0.1, 0.15) is 40.3 Å². The number of amides is 1. The number of nitrogens with two attached hydrogens (primary N) is 1. The Hall–Kier alpha value is -2.07. The summed E-state index contributed by atoms with van der Waals surface area (Å²) in [6.07, 6.45) is 0.797. The first-order valence-electron chi connectivity index (χ1n) is 7.79. The van der Waals surface area contributed by atoms with Gasteiger partial charge in [-0.3, -0.25) is 4.79 Å². The molecule has 0 saturated carbocycles. The molecule has 3 rings (SSSR count). The maximum Gasteiger partial charge on any atom is 0.289 e. The number of rotatable bonds is 3. The van der Waals surface area contributed by atoms with Gasteiger partial charge in [0.2, 0.25) is 0 Å². The number of benzene rings is 1. The molecule has 116 valence electrons. The molecule has 0 bridgehead atoms. The largest absolute Gasteiger partial charge is 0.456 e. The van der Waals surface area contributed by atoms with Gasteiger partial charge in [-0.15, -0.1) is 0 Å². The molecule has 1 aliphatic heterocycles. The van der Waals surface area contributed by atoms with Gasteiger partial charge in [-0.25, -0.2) is 0 Å². The summed E-state index contributed by atoms with van der Waals surface area (Å²) < 4.78 is 5.68. The lowest BCUT2D eigenvalue weighted by Gasteiger charge is -2.15. The van der Waals surface area contributed by atoms with E-state index in [1.54, 1.807) is 4.90 Å². The molecule has 4 nitrogen and oxygen atoms in total. The van der Waals surface area contributed by atoms with Crippen LogP contribution in [0.25, 0.3) is 0 Å². The maximum atomic E-state index is 12.6. The summed E-state index contributed by atoms with van der Waals surface area (Å²) in [5, 5.41) is 0. The summed E-state index contributed by atoms with van der Waals surface area (Å²) >= 11 is 0. The monoisotopic (exact) mass is 298 g/mol. The van der Waals surface area contributed by atoms with Gasteiger partial charge < -0.3 is 15.1 Å². The van der Waals surface area contributed by atoms with Gasteiger partial charge in [-0.1, -0.05) is 37.3 Å². The molecule has 1 saturated heterocycles. The van der Waals surface area contributed by atoms with Crippen molar-refractivity contribution in [3.8, 4) is 0 Å². The van der Waals surface area contributed by atoms with Crippen molar-refractivity contribution < 1.29 is 9.21 Å². The van der Waals surface area contributed by atoms with E-state index < -0.39 is 0 Å². The quantitative estimate of drug-likeness (QED) is 0.948. The molecule has 4 heteroatoms. The number of carbonyl (C=O) groups is 1. The number of hydrogen-bond acceptors (Lipinski definition) is 3. The number of furan rings is 1. The number of aryl methyl sites for hydroxylation is 2. The topological polar surface area (TPSA) is 59.5 Å². The van der Waals surface area contributed by atoms with Gasteiger partial charge in [0, 0.05) is 31.5 Å². The summed E-state index contributed by atoms with van der Waals surface area (Å²) in [6.45, 7) is 5.21. The number of likely N-dealkylation sites (tertiary alicyclic amines) is 1. The third-order valence-electron chi connectivity index (χ3n) is 4.43. The third-order valence-corrected chi connectivity index (χ3v) is 4.43. The van der Waals surface area contributed by atoms with Gasteiger partial charge in [0.15, 0.2) is 5.76 Å². The Morgan fingerprint density at radius 1 is 1.32 bits per heavy atom. The zero-order chi connectivity index (χ0) is 15.7. The van der Waals surface area contributed by atoms with Crippen molar-refractivity contribution in [1.29, 1.82) is 0 Å². The van der Waals surface area contributed by atoms with Crippen LogP contribution in [0.4, 0.5) is 0 Å². The highest BCUT2D eigenvalue weighted by Crippen LogP contribution is 2.28. The Morgan fingerprint density at radius 2 is 2.05 bits per heavy atom. The van der Waals surface area contributed by atoms with Crippen LogP contribution in [-0.4, -0.2) is 29.9 Å². The van der Waals surface area contributed by atoms with Crippen LogP contribution >= 0.6 is 0 Å². The maximum absolute atomic E-state index is 12.6. The minimum absolute atomic E-state index is 0.0342. The molecule has 0 spiro atoms. The first kappa shape index (κ1) is 14.9. The fourth-order valence-electron chi connectivity index (χ4n) is 3.18. The zero-order valence-electron chi connectivity index (χ0n) is 13.1. The molecular formula is C18H22N2O2. The first-order valence-corrected chi connectivity index (χ1v) is 7.79. The minimum atomic E-state index is -0.0586. The molecule has 1 aromatic carbocycles. The highest BCUT2D eigenvalue weighted by atomic mass is 16.4. The minimum Gasteiger partial charge on any atom is -0.456 e. The molecule has 2 atom stereocenters. The van der Waals surface area contributed by atoms with Crippen LogP contribution < -0.4 is 5.73 Å². The van der Waals surface area contributed by atoms with E-state index in [1.165, 1.54) is 5.56 Å². The number of hydrogen-bond donors (Lipinski definition) is 1. The van der Waals surface area contributed by atoms with Gasteiger partial charge in [0.1, 0.15) is 5.76 Å². The molecule has 0 aliphatic carbocycles. The van der Waals surface area contributed by atoms with Gasteiger partial charge >= 0.3 is 0 Å². The number of carbonyl (C=O) groups excluding carboxylic acids is 1. The molecular weight excluding hydrogens is 276 g/mol. The predicted molar refractivity (Wildman–Crippen MR) is 85.9 cm³/mol. The Bertz CT molecular complexity index is 663. The smallest absolute Gasteiger partial charge is 0.289 e. The average Bonchev–Trinajstić information content (AvgIpc) is 3.10. The lowest BCUT2D eigenvalue weighted by atomic mass is 9.95. The fourth-order valence-corrected chi connectivity index (χ4v) is 3.18. The lowest BCUT2D eigenvalue weighted by Crippen LogP contribution is -2.32. The highest BCUT2D eigenvalue weighted by Gasteiger charge is 2.35. The van der Waals surface area contributed by atoms with Crippen molar-refractivity contribution in [3.63, 3.8) is 0 Å². The third kappa shape index (κ3) is 2.66. The molecule has 22 heavy (non-hydrogen) atoms. The van der Waals surface area contributed by atoms with E-state index in [1.807, 2.05) is 38.1 Å². The van der Waals surface area contributed by atoms with Gasteiger partial charge in [-0.2, -0.15) is 0 Å². The van der Waals surface area contributed by atoms with Crippen molar-refractivity contribution in [2.24, 2.45) is 5.73 Å². The second-order valence-electron chi connectivity index (χ2n) is 5.96. The average molecular weight is 298 g/mol. The fraction of sp³-hybridized carbons (Fsp3) is 0.389. The SMILES string of the molecule is CCc1oc(C(=O)N2C[C@@H](N)[C@H](c3ccccc3)C2)cc1C. The van der Waals surface area contributed by atoms with Crippen LogP contribution in [0.2, 0.25) is 0 Å². The van der Waals surface area contributed by atoms with E-state index in [-0.39, 0.29) is 17.9 Å². The summed E-state index contributed by atoms with van der Waals surface area (Å²) in [6, 6.07) is 12.0. The summed E-state index contributed by atoms with van der Waals surface area (Å²) in [7, 11) is 0. The molecule has 2 heterocycles. The van der Waals surface area contributed by atoms with Crippen molar-refractivity contribution in [1.82, 2.24) is 4.90 Å². The molecule has 1 fully saturated rings. The van der Waals surface area contributed by atoms with Gasteiger partial charge in [0.05, 0.1) is 0 Å². The molecule has 2 N–H and O–H groups in total. The summed E-state index contributed by atoms with van der Waals surface area (Å²) in [5.41, 5.74) is 8.48. The van der Waals surface area contributed by atoms with E-state index in [4.69, 9.17) is 10.2 Å². The normalized spacial score (nSPS) is 21.3. The Balaban J connectivity index is 1.77. The second-order valence-corrected chi connectivity index (χ2v) is 5.96. The molecule has 0 radical (unpaired) electrons. The van der Waals surface area contributed by atoms with Crippen molar-refractivity contribution in [2.75, 3.05) is 13.1 Å². The van der Waals surface area contributed by atoms with E-state index in [0.29, 0.717) is 18.8 Å². The zero-order valence-corrected chi connectivity index (χ0v) is 13.1. The van der Waals surface area contributed by atoms with E-state index in [2.05, 4.69) is 12.1 Å². The van der Waals surface area contributed by atoms with Crippen LogP contribution in [0.3, 0.4) is 0 Å². The Labute approximate surface area is 130 Å². The Morgan fingerprint density at radius 3 is 2.68 bits per heavy atom. The standard InChI is InChI=1S/C18H22N2O2/c1-3-16-12(2)9-17(22-16)18(21)20-10-14(15(19)11-20)13-7-5-4-6-8-13/h4-9,14-15H,3,10-11,19H2,1-2H3/t14-,15+/m0/s1. The van der Waals surface area contributed by atoms with Crippen molar-refractivity contribution in [2.45, 2.75) is 32.2 Å². The summed E-state index contributed by atoms with van der Waals surface area (Å²) in [4.78, 5) is 14.4. The van der Waals surface area contributed by atoms with Crippen molar-refractivity contribution in [3.05, 3.63) is 59.0 Å². The van der Waals surface area contributed by atoms with Gasteiger partial charge in [-0.05, 0) is 24.1 Å². The molecule has 1 aromatic heterocycles. The van der Waals surface area contributed by atoms with E-state index >= 15 is 0 Å². The lowest BCUT2D eigenvalue weighted by molar-refractivity contribution is 0.0756.